The summed E-state index contributed by atoms with van der Waals surface area (Å²) in [6.07, 6.45) is 6.12. The summed E-state index contributed by atoms with van der Waals surface area (Å²) in [6.45, 7) is 8.21. The molecule has 3 aliphatic heterocycles. The predicted octanol–water partition coefficient (Wildman–Crippen LogP) is 3.28. The van der Waals surface area contributed by atoms with Gasteiger partial charge in [0.15, 0.2) is 0 Å². The minimum atomic E-state index is -3.89. The Balaban J connectivity index is 1.12. The molecule has 2 aromatic carbocycles. The van der Waals surface area contributed by atoms with E-state index >= 15 is 0 Å². The largest absolute Gasteiger partial charge is 0.339 e. The third-order valence-corrected chi connectivity index (χ3v) is 10.5. The normalized spacial score (nSPS) is 20.0. The average Bonchev–Trinajstić information content (AvgIpc) is 3.59. The molecule has 10 nitrogen and oxygen atoms in total. The molecule has 1 aromatic heterocycles. The number of sulfonamides is 1. The van der Waals surface area contributed by atoms with Crippen LogP contribution in [-0.4, -0.2) is 84.2 Å². The van der Waals surface area contributed by atoms with E-state index in [0.29, 0.717) is 48.1 Å². The number of primary sulfonamides is 1. The highest BCUT2D eigenvalue weighted by Gasteiger charge is 2.40. The number of benzene rings is 2. The summed E-state index contributed by atoms with van der Waals surface area (Å²) in [4.78, 5) is 41.2. The molecule has 6 rings (SSSR count). The monoisotopic (exact) mass is 614 g/mol. The molecular weight excluding hydrogens is 576 g/mol. The number of piperidine rings is 1. The zero-order valence-electron chi connectivity index (χ0n) is 25.1. The van der Waals surface area contributed by atoms with Crippen LogP contribution >= 0.6 is 0 Å². The maximum atomic E-state index is 13.3. The van der Waals surface area contributed by atoms with Gasteiger partial charge in [-0.05, 0) is 74.4 Å². The third-order valence-electron chi connectivity index (χ3n) is 9.56. The minimum absolute atomic E-state index is 0.0326. The van der Waals surface area contributed by atoms with Crippen LogP contribution in [0.25, 0.3) is 0 Å². The molecule has 2 N–H and O–H groups in total. The summed E-state index contributed by atoms with van der Waals surface area (Å²) in [5.41, 5.74) is 4.84. The van der Waals surface area contributed by atoms with Crippen molar-refractivity contribution in [3.8, 4) is 0 Å². The maximum Gasteiger partial charge on any atom is 0.261 e. The van der Waals surface area contributed by atoms with Crippen LogP contribution in [0, 0.1) is 19.8 Å². The molecular formula is C33H38N6O4S. The Labute approximate surface area is 258 Å². The fraction of sp³-hybridized carbons (Fsp3) is 0.394. The first-order valence-electron chi connectivity index (χ1n) is 15.0. The number of aromatic nitrogens is 2. The summed E-state index contributed by atoms with van der Waals surface area (Å²) in [5.74, 6) is 0.113. The van der Waals surface area contributed by atoms with E-state index in [1.807, 2.05) is 35.9 Å². The summed E-state index contributed by atoms with van der Waals surface area (Å²) in [6, 6.07) is 16.5. The standard InChI is InChI=1S/C33H38N6O4S/c1-23-30(24(2)36-22-35-23)32(41)39-20-26-18-37(19-27(26)21-39)14-11-33(28-8-4-3-5-9-28)12-15-38(16-13-33)31(40)25-7-6-10-29(17-25)44(34,42)43/h3-10,17,20,22,27H,11-16,18-19,21H2,1-2H3,(H2,34,42,43). The lowest BCUT2D eigenvalue weighted by Crippen LogP contribution is -2.46. The van der Waals surface area contributed by atoms with Crippen molar-refractivity contribution in [1.82, 2.24) is 24.7 Å². The molecule has 1 atom stereocenters. The number of fused-ring (bicyclic) bond motifs is 1. The molecule has 3 aromatic rings. The van der Waals surface area contributed by atoms with Gasteiger partial charge in [0.05, 0.1) is 21.8 Å². The van der Waals surface area contributed by atoms with Gasteiger partial charge in [0.2, 0.25) is 10.0 Å². The first-order chi connectivity index (χ1) is 21.0. The zero-order chi connectivity index (χ0) is 31.1. The van der Waals surface area contributed by atoms with Crippen molar-refractivity contribution in [3.05, 3.63) is 101 Å². The molecule has 0 bridgehead atoms. The SMILES string of the molecule is Cc1ncnc(C)c1C(=O)N1C=C2CN(CCC3(c4ccccc4)CCN(C(=O)c4cccc(S(N)(=O)=O)c4)CC3)CC2C1. The number of rotatable bonds is 7. The number of nitrogens with two attached hydrogens (primary N) is 1. The van der Waals surface area contributed by atoms with Gasteiger partial charge in [-0.25, -0.2) is 23.5 Å². The lowest BCUT2D eigenvalue weighted by atomic mass is 9.70. The molecule has 11 heteroatoms. The third kappa shape index (κ3) is 5.91. The van der Waals surface area contributed by atoms with Gasteiger partial charge in [-0.1, -0.05) is 36.4 Å². The van der Waals surface area contributed by atoms with E-state index in [9.17, 15) is 18.0 Å². The molecule has 3 aliphatic rings. The second-order valence-corrected chi connectivity index (χ2v) is 13.8. The summed E-state index contributed by atoms with van der Waals surface area (Å²) >= 11 is 0. The molecule has 0 saturated carbocycles. The lowest BCUT2D eigenvalue weighted by Gasteiger charge is -2.43. The Morgan fingerprint density at radius 2 is 1.66 bits per heavy atom. The van der Waals surface area contributed by atoms with Crippen LogP contribution in [0.5, 0.6) is 0 Å². The predicted molar refractivity (Wildman–Crippen MR) is 166 cm³/mol. The molecule has 0 spiro atoms. The van der Waals surface area contributed by atoms with E-state index in [0.717, 1.165) is 38.9 Å². The molecule has 1 unspecified atom stereocenters. The highest BCUT2D eigenvalue weighted by molar-refractivity contribution is 7.89. The van der Waals surface area contributed by atoms with Gasteiger partial charge in [-0.2, -0.15) is 0 Å². The highest BCUT2D eigenvalue weighted by atomic mass is 32.2. The number of aryl methyl sites for hydroxylation is 2. The van der Waals surface area contributed by atoms with Gasteiger partial charge >= 0.3 is 0 Å². The van der Waals surface area contributed by atoms with Gasteiger partial charge in [0.25, 0.3) is 11.8 Å². The molecule has 2 amide bonds. The van der Waals surface area contributed by atoms with E-state index in [4.69, 9.17) is 5.14 Å². The van der Waals surface area contributed by atoms with Gasteiger partial charge in [0.1, 0.15) is 6.33 Å². The fourth-order valence-corrected chi connectivity index (χ4v) is 7.58. The summed E-state index contributed by atoms with van der Waals surface area (Å²) < 4.78 is 23.6. The van der Waals surface area contributed by atoms with E-state index in [1.54, 1.807) is 12.1 Å². The molecule has 0 aliphatic carbocycles. The molecule has 230 valence electrons. The van der Waals surface area contributed by atoms with E-state index in [-0.39, 0.29) is 22.1 Å². The molecule has 44 heavy (non-hydrogen) atoms. The second-order valence-electron chi connectivity index (χ2n) is 12.3. The summed E-state index contributed by atoms with van der Waals surface area (Å²) in [5, 5.41) is 5.29. The van der Waals surface area contributed by atoms with Crippen LogP contribution in [-0.2, 0) is 15.4 Å². The Morgan fingerprint density at radius 1 is 0.955 bits per heavy atom. The van der Waals surface area contributed by atoms with Crippen molar-refractivity contribution in [2.45, 2.75) is 43.4 Å². The van der Waals surface area contributed by atoms with Crippen LogP contribution in [0.3, 0.4) is 0 Å². The number of nitrogens with zero attached hydrogens (tertiary/aromatic N) is 5. The van der Waals surface area contributed by atoms with Gasteiger partial charge in [-0.15, -0.1) is 0 Å². The highest BCUT2D eigenvalue weighted by Crippen LogP contribution is 2.40. The first-order valence-corrected chi connectivity index (χ1v) is 16.6. The number of carbonyl (C=O) groups excluding carboxylic acids is 2. The smallest absolute Gasteiger partial charge is 0.261 e. The van der Waals surface area contributed by atoms with Crippen molar-refractivity contribution in [1.29, 1.82) is 0 Å². The Morgan fingerprint density at radius 3 is 2.32 bits per heavy atom. The van der Waals surface area contributed by atoms with Crippen LogP contribution in [0.2, 0.25) is 0 Å². The summed E-state index contributed by atoms with van der Waals surface area (Å²) in [7, 11) is -3.89. The first kappa shape index (κ1) is 30.1. The Kier molecular flexibility index (Phi) is 8.12. The Bertz CT molecular complexity index is 1700. The topological polar surface area (TPSA) is 130 Å². The molecule has 0 radical (unpaired) electrons. The number of carbonyl (C=O) groups is 2. The van der Waals surface area contributed by atoms with Gasteiger partial charge < -0.3 is 9.80 Å². The van der Waals surface area contributed by atoms with E-state index in [2.05, 4.69) is 39.1 Å². The quantitative estimate of drug-likeness (QED) is 0.432. The van der Waals surface area contributed by atoms with Gasteiger partial charge in [0, 0.05) is 50.4 Å². The molecule has 2 fully saturated rings. The van der Waals surface area contributed by atoms with E-state index in [1.165, 1.54) is 29.6 Å². The number of hydrogen-bond donors (Lipinski definition) is 1. The number of likely N-dealkylation sites (tertiary alicyclic amines) is 2. The zero-order valence-corrected chi connectivity index (χ0v) is 26.0. The van der Waals surface area contributed by atoms with Crippen molar-refractivity contribution < 1.29 is 18.0 Å². The van der Waals surface area contributed by atoms with Crippen molar-refractivity contribution in [2.24, 2.45) is 11.1 Å². The van der Waals surface area contributed by atoms with Crippen LogP contribution in [0.1, 0.15) is 56.9 Å². The van der Waals surface area contributed by atoms with Gasteiger partial charge in [-0.3, -0.25) is 14.5 Å². The van der Waals surface area contributed by atoms with Crippen LogP contribution in [0.4, 0.5) is 0 Å². The number of hydrogen-bond acceptors (Lipinski definition) is 7. The molecule has 2 saturated heterocycles. The van der Waals surface area contributed by atoms with E-state index < -0.39 is 10.0 Å². The minimum Gasteiger partial charge on any atom is -0.339 e. The molecule has 4 heterocycles. The van der Waals surface area contributed by atoms with Crippen molar-refractivity contribution in [2.75, 3.05) is 39.3 Å². The average molecular weight is 615 g/mol. The Hall–Kier alpha value is -3.93. The van der Waals surface area contributed by atoms with Crippen LogP contribution in [0.15, 0.2) is 77.6 Å². The number of amides is 2. The van der Waals surface area contributed by atoms with Crippen LogP contribution < -0.4 is 5.14 Å². The van der Waals surface area contributed by atoms with Crippen molar-refractivity contribution in [3.63, 3.8) is 0 Å². The van der Waals surface area contributed by atoms with Crippen molar-refractivity contribution >= 4 is 21.8 Å². The lowest BCUT2D eigenvalue weighted by molar-refractivity contribution is 0.0650. The maximum absolute atomic E-state index is 13.3. The fourth-order valence-electron chi connectivity index (χ4n) is 7.02. The second kappa shape index (κ2) is 11.9.